The van der Waals surface area contributed by atoms with Gasteiger partial charge >= 0.3 is 18.0 Å². The molecule has 0 bridgehead atoms. The second kappa shape index (κ2) is 18.7. The van der Waals surface area contributed by atoms with E-state index < -0.39 is 40.1 Å². The number of benzene rings is 3. The van der Waals surface area contributed by atoms with Crippen molar-refractivity contribution in [3.05, 3.63) is 93.5 Å². The molecule has 5 aromatic rings. The number of aryl methyl sites for hydroxylation is 1. The minimum Gasteiger partial charge on any atom is -0.479 e. The fourth-order valence-electron chi connectivity index (χ4n) is 9.36. The molecule has 0 saturated carbocycles. The van der Waals surface area contributed by atoms with Crippen LogP contribution in [0.1, 0.15) is 90.8 Å². The van der Waals surface area contributed by atoms with Crippen LogP contribution in [0, 0.1) is 6.92 Å². The third-order valence-corrected chi connectivity index (χ3v) is 16.2. The summed E-state index contributed by atoms with van der Waals surface area (Å²) >= 11 is 7.41. The van der Waals surface area contributed by atoms with Gasteiger partial charge in [-0.1, -0.05) is 41.9 Å². The van der Waals surface area contributed by atoms with Gasteiger partial charge in [0.05, 0.1) is 21.8 Å². The number of imide groups is 1. The fraction of sp³-hybridized carbons (Fsp3) is 0.391. The third-order valence-electron chi connectivity index (χ3n) is 12.5. The summed E-state index contributed by atoms with van der Waals surface area (Å²) in [4.78, 5) is 62.7. The van der Waals surface area contributed by atoms with Gasteiger partial charge < -0.3 is 30.5 Å². The van der Waals surface area contributed by atoms with E-state index in [1.54, 1.807) is 50.3 Å². The molecule has 3 fully saturated rings. The number of aromatic carboxylic acids is 1. The Morgan fingerprint density at radius 1 is 0.970 bits per heavy atom. The minimum atomic E-state index is -3.79. The number of rotatable bonds is 13. The van der Waals surface area contributed by atoms with Crippen molar-refractivity contribution in [2.75, 3.05) is 36.9 Å². The second-order valence-corrected chi connectivity index (χ2v) is 20.9. The highest BCUT2D eigenvalue weighted by Crippen LogP contribution is 2.46. The molecule has 5 N–H and O–H groups in total. The van der Waals surface area contributed by atoms with E-state index in [0.717, 1.165) is 46.3 Å². The first-order chi connectivity index (χ1) is 31.4. The standard InChI is InChI=1S/C46H50ClN7O10S2/c1-26-34-22-29(10-11-35(34)54(51-26)36-12-13-37(55)50-43(36)58)28-14-17-52(18-15-28)45(61)49-31-8-4-6-27(20-31)25-66(62,63)53-19-16-33(23-46(53,2)3)48-32-9-5-7-30(21-32)41-39(47)40(64-24-38(56)57)42(65-41)44(59)60/h4-11,20-22,28,33,36,48H,12-19,23-25H2,1-3H3,(H,49,61)(H,56,57)(H,59,60)(H,50,55,58)/t33-,36?/m0/s1. The number of fused-ring (bicyclic) bond motifs is 1. The summed E-state index contributed by atoms with van der Waals surface area (Å²) in [6.45, 7) is 6.28. The SMILES string of the molecule is Cc1nn(C2CCC(=O)NC2=O)c2ccc(C3CCN(C(=O)Nc4cccc(CS(=O)(=O)N5CC[C@H](Nc6cccc(-c7sc(C(=O)O)c(OCC(=O)O)c7Cl)c6)CC5(C)C)c4)CC3)cc12. The number of piperidine rings is 3. The molecule has 4 amide bonds. The molecule has 3 aromatic carbocycles. The van der Waals surface area contributed by atoms with Crippen LogP contribution >= 0.6 is 22.9 Å². The average molecular weight is 961 g/mol. The molecule has 20 heteroatoms. The number of ether oxygens (including phenoxy) is 1. The first-order valence-electron chi connectivity index (χ1n) is 21.6. The summed E-state index contributed by atoms with van der Waals surface area (Å²) in [6.07, 6.45) is 3.17. The fourth-order valence-corrected chi connectivity index (χ4v) is 12.7. The molecule has 66 heavy (non-hydrogen) atoms. The van der Waals surface area contributed by atoms with E-state index >= 15 is 0 Å². The van der Waals surface area contributed by atoms with Gasteiger partial charge in [0, 0.05) is 54.4 Å². The van der Waals surface area contributed by atoms with Gasteiger partial charge in [-0.15, -0.1) is 11.3 Å². The number of hydrogen-bond acceptors (Lipinski definition) is 11. The number of carboxylic acid groups (broad SMARTS) is 2. The molecule has 3 saturated heterocycles. The Hall–Kier alpha value is -6.02. The van der Waals surface area contributed by atoms with E-state index in [1.165, 1.54) is 0 Å². The van der Waals surface area contributed by atoms with Gasteiger partial charge in [-0.05, 0) is 112 Å². The Morgan fingerprint density at radius 3 is 2.42 bits per heavy atom. The zero-order valence-corrected chi connectivity index (χ0v) is 38.9. The molecule has 0 radical (unpaired) electrons. The van der Waals surface area contributed by atoms with Crippen LogP contribution in [0.25, 0.3) is 21.3 Å². The number of likely N-dealkylation sites (tertiary alicyclic amines) is 1. The summed E-state index contributed by atoms with van der Waals surface area (Å²) in [5.41, 5.74) is 4.39. The molecule has 0 spiro atoms. The van der Waals surface area contributed by atoms with Crippen LogP contribution in [-0.4, -0.2) is 105 Å². The Labute approximate surface area is 390 Å². The Balaban J connectivity index is 0.852. The van der Waals surface area contributed by atoms with Gasteiger partial charge in [0.25, 0.3) is 5.91 Å². The molecule has 1 unspecified atom stereocenters. The Morgan fingerprint density at radius 2 is 1.71 bits per heavy atom. The van der Waals surface area contributed by atoms with Crippen LogP contribution in [0.4, 0.5) is 16.2 Å². The number of thiophene rings is 1. The van der Waals surface area contributed by atoms with Crippen molar-refractivity contribution in [1.29, 1.82) is 0 Å². The molecule has 17 nitrogen and oxygen atoms in total. The van der Waals surface area contributed by atoms with Crippen LogP contribution in [0.2, 0.25) is 5.02 Å². The van der Waals surface area contributed by atoms with Gasteiger partial charge in [0.1, 0.15) is 11.1 Å². The van der Waals surface area contributed by atoms with Gasteiger partial charge in [-0.2, -0.15) is 9.40 Å². The summed E-state index contributed by atoms with van der Waals surface area (Å²) in [5, 5.41) is 33.3. The number of amides is 4. The largest absolute Gasteiger partial charge is 0.479 e. The zero-order valence-electron chi connectivity index (χ0n) is 36.5. The summed E-state index contributed by atoms with van der Waals surface area (Å²) < 4.78 is 36.5. The minimum absolute atomic E-state index is 0.00242. The smallest absolute Gasteiger partial charge is 0.349 e. The van der Waals surface area contributed by atoms with Gasteiger partial charge in [-0.3, -0.25) is 19.6 Å². The number of anilines is 2. The van der Waals surface area contributed by atoms with Crippen molar-refractivity contribution in [2.24, 2.45) is 0 Å². The number of carboxylic acids is 2. The van der Waals surface area contributed by atoms with Gasteiger partial charge in [0.15, 0.2) is 17.2 Å². The zero-order chi connectivity index (χ0) is 47.1. The number of aliphatic carboxylic acids is 1. The highest BCUT2D eigenvalue weighted by atomic mass is 35.5. The summed E-state index contributed by atoms with van der Waals surface area (Å²) in [6, 6.07) is 19.4. The van der Waals surface area contributed by atoms with E-state index in [1.807, 2.05) is 39.0 Å². The van der Waals surface area contributed by atoms with E-state index in [9.17, 15) is 37.5 Å². The van der Waals surface area contributed by atoms with Crippen molar-refractivity contribution >= 4 is 85.0 Å². The molecule has 2 aromatic heterocycles. The Kier molecular flexibility index (Phi) is 13.2. The summed E-state index contributed by atoms with van der Waals surface area (Å²) in [7, 11) is -3.79. The molecule has 5 heterocycles. The Bertz CT molecular complexity index is 2850. The number of urea groups is 1. The molecular weight excluding hydrogens is 910 g/mol. The van der Waals surface area contributed by atoms with Crippen molar-refractivity contribution in [1.82, 2.24) is 24.3 Å². The highest BCUT2D eigenvalue weighted by molar-refractivity contribution is 7.88. The number of carbonyl (C=O) groups excluding carboxylic acids is 3. The maximum absolute atomic E-state index is 14.0. The second-order valence-electron chi connectivity index (χ2n) is 17.6. The van der Waals surface area contributed by atoms with Gasteiger partial charge in [-0.25, -0.2) is 22.8 Å². The van der Waals surface area contributed by atoms with Crippen LogP contribution in [0.3, 0.4) is 0 Å². The topological polar surface area (TPSA) is 230 Å². The molecule has 2 atom stereocenters. The molecule has 0 aliphatic carbocycles. The monoisotopic (exact) mass is 959 g/mol. The van der Waals surface area contributed by atoms with Crippen molar-refractivity contribution in [3.63, 3.8) is 0 Å². The van der Waals surface area contributed by atoms with Crippen LogP contribution in [0.15, 0.2) is 66.7 Å². The first kappa shape index (κ1) is 46.5. The lowest BCUT2D eigenvalue weighted by atomic mass is 9.88. The average Bonchev–Trinajstić information content (AvgIpc) is 3.77. The molecule has 8 rings (SSSR count). The van der Waals surface area contributed by atoms with E-state index in [2.05, 4.69) is 33.2 Å². The van der Waals surface area contributed by atoms with Crippen LogP contribution < -0.4 is 20.7 Å². The lowest BCUT2D eigenvalue weighted by Gasteiger charge is -2.45. The normalized spacial score (nSPS) is 19.4. The number of nitrogens with zero attached hydrogens (tertiary/aromatic N) is 4. The van der Waals surface area contributed by atoms with Crippen molar-refractivity contribution in [3.8, 4) is 16.2 Å². The van der Waals surface area contributed by atoms with E-state index in [-0.39, 0.29) is 64.2 Å². The van der Waals surface area contributed by atoms with Crippen LogP contribution in [0.5, 0.6) is 5.75 Å². The first-order valence-corrected chi connectivity index (χ1v) is 24.4. The molecule has 3 aliphatic heterocycles. The number of sulfonamides is 1. The van der Waals surface area contributed by atoms with E-state index in [0.29, 0.717) is 59.7 Å². The third kappa shape index (κ3) is 9.89. The highest BCUT2D eigenvalue weighted by Gasteiger charge is 2.42. The lowest BCUT2D eigenvalue weighted by molar-refractivity contribution is -0.139. The summed E-state index contributed by atoms with van der Waals surface area (Å²) in [5.74, 6) is -3.41. The maximum atomic E-state index is 14.0. The van der Waals surface area contributed by atoms with Gasteiger partial charge in [0.2, 0.25) is 15.9 Å². The van der Waals surface area contributed by atoms with Crippen molar-refractivity contribution < 1.29 is 47.3 Å². The maximum Gasteiger partial charge on any atom is 0.349 e. The number of hydrogen-bond donors (Lipinski definition) is 5. The predicted molar refractivity (Wildman–Crippen MR) is 250 cm³/mol. The quantitative estimate of drug-likeness (QED) is 0.0725. The number of nitrogens with one attached hydrogen (secondary N) is 3. The molecule has 348 valence electrons. The number of halogens is 1. The molecule has 3 aliphatic rings. The predicted octanol–water partition coefficient (Wildman–Crippen LogP) is 7.46. The number of carbonyl (C=O) groups is 5. The number of aromatic nitrogens is 2. The van der Waals surface area contributed by atoms with Crippen LogP contribution in [-0.2, 0) is 30.2 Å². The van der Waals surface area contributed by atoms with Crippen molar-refractivity contribution in [2.45, 2.75) is 88.6 Å². The lowest BCUT2D eigenvalue weighted by Crippen LogP contribution is -2.55. The molecular formula is C46H50ClN7O10S2. The van der Waals surface area contributed by atoms with E-state index in [4.69, 9.17) is 21.4 Å².